The number of alkyl carbamates (subject to hydrolysis) is 1. The van der Waals surface area contributed by atoms with Crippen LogP contribution < -0.4 is 15.4 Å². The van der Waals surface area contributed by atoms with E-state index in [1.54, 1.807) is 20.8 Å². The van der Waals surface area contributed by atoms with Crippen molar-refractivity contribution in [2.24, 2.45) is 5.92 Å². The summed E-state index contributed by atoms with van der Waals surface area (Å²) in [5, 5.41) is 5.69. The number of sulfonamides is 1. The standard InChI is InChI=1S/C29H39ClN4O7S/c1-28(2,3)41-27(38)31-22-14-8-6-4-5-7-11-19-18-29(19,32-24(35)23-15-10-16-34(23)25(22)36)26(37)33-42(39,40)21-13-9-12-20(30)17-21/h7,9,11-13,17,19,22-23H,4-6,8,10,14-16,18H2,1-3H3,(H,31,38)(H,32,35)(H,33,37)/b11-7-/t19-,22-,23-,29+/m0/s1. The fraction of sp³-hybridized carbons (Fsp3) is 0.586. The Kier molecular flexibility index (Phi) is 9.56. The van der Waals surface area contributed by atoms with Gasteiger partial charge in [0.25, 0.3) is 15.9 Å². The number of benzene rings is 1. The predicted molar refractivity (Wildman–Crippen MR) is 156 cm³/mol. The van der Waals surface area contributed by atoms with Crippen LogP contribution >= 0.6 is 11.6 Å². The summed E-state index contributed by atoms with van der Waals surface area (Å²) in [5.41, 5.74) is -2.23. The Bertz CT molecular complexity index is 1360. The molecule has 1 aromatic carbocycles. The average molecular weight is 623 g/mol. The molecule has 3 N–H and O–H groups in total. The zero-order chi connectivity index (χ0) is 30.7. The lowest BCUT2D eigenvalue weighted by Gasteiger charge is -2.30. The van der Waals surface area contributed by atoms with Crippen LogP contribution in [0, 0.1) is 5.92 Å². The molecule has 4 amide bonds. The molecule has 1 saturated carbocycles. The molecular formula is C29H39ClN4O7S. The Hall–Kier alpha value is -3.12. The van der Waals surface area contributed by atoms with Gasteiger partial charge >= 0.3 is 6.09 Å². The van der Waals surface area contributed by atoms with Crippen LogP contribution in [0.2, 0.25) is 5.02 Å². The van der Waals surface area contributed by atoms with Crippen LogP contribution in [-0.4, -0.2) is 66.9 Å². The van der Waals surface area contributed by atoms with Gasteiger partial charge in [0.15, 0.2) is 0 Å². The van der Waals surface area contributed by atoms with Gasteiger partial charge in [0.1, 0.15) is 23.2 Å². The minimum absolute atomic E-state index is 0.174. The minimum atomic E-state index is -4.26. The first-order valence-corrected chi connectivity index (χ1v) is 16.2. The normalized spacial score (nSPS) is 27.8. The van der Waals surface area contributed by atoms with E-state index in [9.17, 15) is 27.6 Å². The lowest BCUT2D eigenvalue weighted by Crippen LogP contribution is -2.58. The first-order valence-electron chi connectivity index (χ1n) is 14.3. The van der Waals surface area contributed by atoms with Crippen LogP contribution in [0.3, 0.4) is 0 Å². The first kappa shape index (κ1) is 31.8. The van der Waals surface area contributed by atoms with E-state index in [0.717, 1.165) is 12.8 Å². The third-order valence-corrected chi connectivity index (χ3v) is 9.22. The van der Waals surface area contributed by atoms with Gasteiger partial charge < -0.3 is 20.3 Å². The predicted octanol–water partition coefficient (Wildman–Crippen LogP) is 3.42. The van der Waals surface area contributed by atoms with Crippen molar-refractivity contribution in [1.29, 1.82) is 0 Å². The van der Waals surface area contributed by atoms with Gasteiger partial charge in [-0.05, 0) is 77.5 Å². The molecule has 1 aliphatic carbocycles. The summed E-state index contributed by atoms with van der Waals surface area (Å²) in [6.45, 7) is 5.51. The van der Waals surface area contributed by atoms with E-state index >= 15 is 0 Å². The Morgan fingerprint density at radius 3 is 2.60 bits per heavy atom. The molecule has 0 unspecified atom stereocenters. The molecule has 2 fully saturated rings. The summed E-state index contributed by atoms with van der Waals surface area (Å²) in [6, 6.07) is 3.79. The molecule has 2 heterocycles. The van der Waals surface area contributed by atoms with E-state index in [-0.39, 0.29) is 22.2 Å². The van der Waals surface area contributed by atoms with Crippen LogP contribution in [0.1, 0.15) is 72.1 Å². The molecule has 0 aromatic heterocycles. The SMILES string of the molecule is CC(C)(C)OC(=O)N[C@H]1CCCCC/C=C\[C@H]2C[C@@]2(C(=O)NS(=O)(=O)c2cccc(Cl)c2)NC(=O)[C@@H]2CCCN2C1=O. The molecule has 13 heteroatoms. The van der Waals surface area contributed by atoms with Gasteiger partial charge in [-0.3, -0.25) is 14.4 Å². The third kappa shape index (κ3) is 7.63. The van der Waals surface area contributed by atoms with Gasteiger partial charge in [-0.15, -0.1) is 0 Å². The molecule has 2 aliphatic heterocycles. The largest absolute Gasteiger partial charge is 0.444 e. The van der Waals surface area contributed by atoms with Gasteiger partial charge in [-0.1, -0.05) is 42.7 Å². The zero-order valence-electron chi connectivity index (χ0n) is 24.2. The minimum Gasteiger partial charge on any atom is -0.444 e. The summed E-state index contributed by atoms with van der Waals surface area (Å²) in [7, 11) is -4.26. The Morgan fingerprint density at radius 1 is 1.12 bits per heavy atom. The highest BCUT2D eigenvalue weighted by Crippen LogP contribution is 2.45. The maximum atomic E-state index is 13.7. The van der Waals surface area contributed by atoms with Crippen molar-refractivity contribution in [2.75, 3.05) is 6.54 Å². The molecule has 3 aliphatic rings. The topological polar surface area (TPSA) is 151 Å². The molecule has 42 heavy (non-hydrogen) atoms. The maximum Gasteiger partial charge on any atom is 0.408 e. The zero-order valence-corrected chi connectivity index (χ0v) is 25.7. The van der Waals surface area contributed by atoms with Gasteiger partial charge in [0.05, 0.1) is 4.90 Å². The second-order valence-corrected chi connectivity index (χ2v) is 14.2. The highest BCUT2D eigenvalue weighted by Gasteiger charge is 2.61. The molecule has 4 rings (SSSR count). The van der Waals surface area contributed by atoms with E-state index < -0.39 is 57.1 Å². The smallest absolute Gasteiger partial charge is 0.408 e. The van der Waals surface area contributed by atoms with Crippen LogP contribution in [0.4, 0.5) is 4.79 Å². The number of ether oxygens (including phenoxy) is 1. The quantitative estimate of drug-likeness (QED) is 0.435. The monoisotopic (exact) mass is 622 g/mol. The molecule has 0 spiro atoms. The molecule has 1 saturated heterocycles. The molecule has 1 aromatic rings. The second-order valence-electron chi connectivity index (χ2n) is 12.1. The second kappa shape index (κ2) is 12.6. The number of hydrogen-bond donors (Lipinski definition) is 3. The molecule has 230 valence electrons. The van der Waals surface area contributed by atoms with Crippen molar-refractivity contribution < 1.29 is 32.3 Å². The fourth-order valence-electron chi connectivity index (χ4n) is 5.45. The van der Waals surface area contributed by atoms with Crippen LogP contribution in [0.5, 0.6) is 0 Å². The lowest BCUT2D eigenvalue weighted by molar-refractivity contribution is -0.141. The number of amides is 4. The molecule has 0 radical (unpaired) electrons. The lowest BCUT2D eigenvalue weighted by atomic mass is 10.0. The van der Waals surface area contributed by atoms with E-state index in [1.807, 2.05) is 12.2 Å². The van der Waals surface area contributed by atoms with Crippen molar-refractivity contribution >= 4 is 45.4 Å². The number of rotatable bonds is 4. The highest BCUT2D eigenvalue weighted by molar-refractivity contribution is 7.90. The van der Waals surface area contributed by atoms with Gasteiger partial charge in [-0.2, -0.15) is 0 Å². The Labute approximate surface area is 251 Å². The molecule has 11 nitrogen and oxygen atoms in total. The number of carbonyl (C=O) groups is 4. The summed E-state index contributed by atoms with van der Waals surface area (Å²) in [5.74, 6) is -2.19. The van der Waals surface area contributed by atoms with Crippen molar-refractivity contribution in [3.05, 3.63) is 41.4 Å². The Balaban J connectivity index is 1.56. The maximum absolute atomic E-state index is 13.7. The Morgan fingerprint density at radius 2 is 1.88 bits per heavy atom. The van der Waals surface area contributed by atoms with Crippen molar-refractivity contribution in [1.82, 2.24) is 20.3 Å². The van der Waals surface area contributed by atoms with Crippen LogP contribution in [0.15, 0.2) is 41.3 Å². The number of carbonyl (C=O) groups excluding carboxylic acids is 4. The van der Waals surface area contributed by atoms with Gasteiger partial charge in [0, 0.05) is 17.5 Å². The van der Waals surface area contributed by atoms with E-state index in [0.29, 0.717) is 38.6 Å². The van der Waals surface area contributed by atoms with Crippen molar-refractivity contribution in [2.45, 2.75) is 100 Å². The van der Waals surface area contributed by atoms with Gasteiger partial charge in [-0.25, -0.2) is 17.9 Å². The number of nitrogens with zero attached hydrogens (tertiary/aromatic N) is 1. The summed E-state index contributed by atoms with van der Waals surface area (Å²) >= 11 is 5.95. The van der Waals surface area contributed by atoms with E-state index in [1.165, 1.54) is 29.2 Å². The molecule has 0 bridgehead atoms. The molecule has 4 atom stereocenters. The number of hydrogen-bond acceptors (Lipinski definition) is 7. The van der Waals surface area contributed by atoms with Crippen LogP contribution in [-0.2, 0) is 29.1 Å². The number of nitrogens with one attached hydrogen (secondary N) is 3. The van der Waals surface area contributed by atoms with E-state index in [2.05, 4.69) is 15.4 Å². The van der Waals surface area contributed by atoms with E-state index in [4.69, 9.17) is 16.3 Å². The number of halogens is 1. The van der Waals surface area contributed by atoms with Crippen molar-refractivity contribution in [3.8, 4) is 0 Å². The van der Waals surface area contributed by atoms with Crippen LogP contribution in [0.25, 0.3) is 0 Å². The third-order valence-electron chi connectivity index (χ3n) is 7.66. The average Bonchev–Trinajstić information content (AvgIpc) is 3.35. The summed E-state index contributed by atoms with van der Waals surface area (Å²) < 4.78 is 33.5. The number of allylic oxidation sites excluding steroid dienone is 1. The number of fused-ring (bicyclic) bond motifs is 2. The first-order chi connectivity index (χ1) is 19.7. The summed E-state index contributed by atoms with van der Waals surface area (Å²) in [4.78, 5) is 54.6. The summed E-state index contributed by atoms with van der Waals surface area (Å²) in [6.07, 6.45) is 7.62. The highest BCUT2D eigenvalue weighted by atomic mass is 35.5. The molecular weight excluding hydrogens is 584 g/mol. The van der Waals surface area contributed by atoms with Gasteiger partial charge in [0.2, 0.25) is 11.8 Å². The van der Waals surface area contributed by atoms with Crippen molar-refractivity contribution in [3.63, 3.8) is 0 Å². The fourth-order valence-corrected chi connectivity index (χ4v) is 6.79.